The van der Waals surface area contributed by atoms with Crippen LogP contribution in [0, 0.1) is 0 Å². The number of nitrogens with zero attached hydrogens (tertiary/aromatic N) is 1. The Hall–Kier alpha value is -2.35. The van der Waals surface area contributed by atoms with Crippen molar-refractivity contribution in [2.75, 3.05) is 11.8 Å². The molecule has 2 aromatic rings. The molecule has 0 bridgehead atoms. The van der Waals surface area contributed by atoms with Gasteiger partial charge in [-0.3, -0.25) is 14.6 Å². The van der Waals surface area contributed by atoms with Gasteiger partial charge in [-0.05, 0) is 24.3 Å². The van der Waals surface area contributed by atoms with Crippen molar-refractivity contribution in [2.24, 2.45) is 0 Å². The SMILES string of the molecule is CNC(=O)c1ccc(S(=O)(=O)Nc2cn[nH]c2)cc1. The van der Waals surface area contributed by atoms with Gasteiger partial charge in [-0.2, -0.15) is 5.10 Å². The number of hydrogen-bond donors (Lipinski definition) is 3. The molecule has 1 aromatic heterocycles. The molecule has 3 N–H and O–H groups in total. The van der Waals surface area contributed by atoms with Crippen molar-refractivity contribution in [1.82, 2.24) is 15.5 Å². The maximum atomic E-state index is 12.0. The fourth-order valence-electron chi connectivity index (χ4n) is 1.45. The number of H-pyrrole nitrogens is 1. The number of anilines is 1. The van der Waals surface area contributed by atoms with E-state index in [0.29, 0.717) is 11.3 Å². The molecule has 0 radical (unpaired) electrons. The Bertz CT molecular complexity index is 662. The van der Waals surface area contributed by atoms with Crippen LogP contribution in [-0.2, 0) is 10.0 Å². The largest absolute Gasteiger partial charge is 0.355 e. The highest BCUT2D eigenvalue weighted by atomic mass is 32.2. The van der Waals surface area contributed by atoms with Gasteiger partial charge in [-0.1, -0.05) is 0 Å². The third-order valence-electron chi connectivity index (χ3n) is 2.40. The maximum Gasteiger partial charge on any atom is 0.261 e. The van der Waals surface area contributed by atoms with Crippen LogP contribution >= 0.6 is 0 Å². The Kier molecular flexibility index (Phi) is 3.52. The number of carbonyl (C=O) groups excluding carboxylic acids is 1. The zero-order chi connectivity index (χ0) is 13.9. The first-order valence-electron chi connectivity index (χ1n) is 5.36. The fourth-order valence-corrected chi connectivity index (χ4v) is 2.48. The lowest BCUT2D eigenvalue weighted by atomic mass is 10.2. The Balaban J connectivity index is 2.24. The lowest BCUT2D eigenvalue weighted by Crippen LogP contribution is -2.18. The van der Waals surface area contributed by atoms with Gasteiger partial charge in [-0.15, -0.1) is 0 Å². The molecule has 1 amide bonds. The van der Waals surface area contributed by atoms with Crippen LogP contribution in [0.25, 0.3) is 0 Å². The van der Waals surface area contributed by atoms with E-state index in [0.717, 1.165) is 0 Å². The van der Waals surface area contributed by atoms with E-state index < -0.39 is 10.0 Å². The van der Waals surface area contributed by atoms with Gasteiger partial charge in [0.25, 0.3) is 15.9 Å². The smallest absolute Gasteiger partial charge is 0.261 e. The van der Waals surface area contributed by atoms with Crippen LogP contribution in [0.2, 0.25) is 0 Å². The van der Waals surface area contributed by atoms with E-state index in [4.69, 9.17) is 0 Å². The van der Waals surface area contributed by atoms with Crippen LogP contribution in [0.5, 0.6) is 0 Å². The molecule has 8 heteroatoms. The van der Waals surface area contributed by atoms with Gasteiger partial charge in [0.2, 0.25) is 0 Å². The Labute approximate surface area is 110 Å². The highest BCUT2D eigenvalue weighted by Gasteiger charge is 2.15. The summed E-state index contributed by atoms with van der Waals surface area (Å²) in [6, 6.07) is 5.63. The van der Waals surface area contributed by atoms with E-state index in [1.165, 1.54) is 43.7 Å². The lowest BCUT2D eigenvalue weighted by Gasteiger charge is -2.06. The van der Waals surface area contributed by atoms with Gasteiger partial charge in [-0.25, -0.2) is 8.42 Å². The summed E-state index contributed by atoms with van der Waals surface area (Å²) < 4.78 is 26.3. The maximum absolute atomic E-state index is 12.0. The van der Waals surface area contributed by atoms with Crippen LogP contribution < -0.4 is 10.0 Å². The first-order chi connectivity index (χ1) is 9.03. The second kappa shape index (κ2) is 5.11. The zero-order valence-corrected chi connectivity index (χ0v) is 10.9. The normalized spacial score (nSPS) is 11.0. The molecule has 0 saturated heterocycles. The summed E-state index contributed by atoms with van der Waals surface area (Å²) in [7, 11) is -2.17. The van der Waals surface area contributed by atoms with E-state index in [1.807, 2.05) is 0 Å². The van der Waals surface area contributed by atoms with Crippen molar-refractivity contribution >= 4 is 21.6 Å². The Morgan fingerprint density at radius 3 is 2.47 bits per heavy atom. The Morgan fingerprint density at radius 1 is 1.26 bits per heavy atom. The minimum atomic E-state index is -3.67. The summed E-state index contributed by atoms with van der Waals surface area (Å²) >= 11 is 0. The van der Waals surface area contributed by atoms with E-state index in [2.05, 4.69) is 20.2 Å². The van der Waals surface area contributed by atoms with E-state index >= 15 is 0 Å². The van der Waals surface area contributed by atoms with Crippen LogP contribution in [0.3, 0.4) is 0 Å². The number of nitrogens with one attached hydrogen (secondary N) is 3. The van der Waals surface area contributed by atoms with Crippen molar-refractivity contribution < 1.29 is 13.2 Å². The number of benzene rings is 1. The predicted octanol–water partition coefficient (Wildman–Crippen LogP) is 0.570. The first-order valence-corrected chi connectivity index (χ1v) is 6.85. The second-order valence-electron chi connectivity index (χ2n) is 3.70. The number of hydrogen-bond acceptors (Lipinski definition) is 4. The predicted molar refractivity (Wildman–Crippen MR) is 69.2 cm³/mol. The van der Waals surface area contributed by atoms with Gasteiger partial charge in [0, 0.05) is 18.8 Å². The number of sulfonamides is 1. The summed E-state index contributed by atoms with van der Waals surface area (Å²) in [6.45, 7) is 0. The summed E-state index contributed by atoms with van der Waals surface area (Å²) in [5, 5.41) is 8.61. The molecular weight excluding hydrogens is 268 g/mol. The number of amides is 1. The molecule has 0 unspecified atom stereocenters. The third-order valence-corrected chi connectivity index (χ3v) is 3.80. The fraction of sp³-hybridized carbons (Fsp3) is 0.0909. The van der Waals surface area contributed by atoms with Crippen molar-refractivity contribution in [1.29, 1.82) is 0 Å². The van der Waals surface area contributed by atoms with Crippen LogP contribution in [0.15, 0.2) is 41.6 Å². The van der Waals surface area contributed by atoms with Crippen molar-refractivity contribution in [3.63, 3.8) is 0 Å². The molecule has 2 rings (SSSR count). The van der Waals surface area contributed by atoms with Crippen LogP contribution in [-0.4, -0.2) is 31.6 Å². The van der Waals surface area contributed by atoms with Crippen LogP contribution in [0.1, 0.15) is 10.4 Å². The standard InChI is InChI=1S/C11H12N4O3S/c1-12-11(16)8-2-4-10(5-3-8)19(17,18)15-9-6-13-14-7-9/h2-7,15H,1H3,(H,12,16)(H,13,14). The number of aromatic amines is 1. The summed E-state index contributed by atoms with van der Waals surface area (Å²) in [5.74, 6) is -0.272. The van der Waals surface area contributed by atoms with Gasteiger partial charge >= 0.3 is 0 Å². The summed E-state index contributed by atoms with van der Waals surface area (Å²) in [6.07, 6.45) is 2.78. The molecule has 19 heavy (non-hydrogen) atoms. The van der Waals surface area contributed by atoms with Crippen molar-refractivity contribution in [2.45, 2.75) is 4.90 Å². The molecule has 0 aliphatic rings. The minimum Gasteiger partial charge on any atom is -0.355 e. The highest BCUT2D eigenvalue weighted by molar-refractivity contribution is 7.92. The number of carbonyl (C=O) groups is 1. The van der Waals surface area contributed by atoms with Crippen molar-refractivity contribution in [3.05, 3.63) is 42.2 Å². The molecule has 0 aliphatic heterocycles. The average Bonchev–Trinajstić information content (AvgIpc) is 2.90. The van der Waals surface area contributed by atoms with E-state index in [-0.39, 0.29) is 10.8 Å². The molecule has 0 saturated carbocycles. The third kappa shape index (κ3) is 2.91. The minimum absolute atomic E-state index is 0.0707. The van der Waals surface area contributed by atoms with E-state index in [9.17, 15) is 13.2 Å². The highest BCUT2D eigenvalue weighted by Crippen LogP contribution is 2.15. The molecule has 0 atom stereocenters. The molecule has 1 aromatic carbocycles. The summed E-state index contributed by atoms with van der Waals surface area (Å²) in [4.78, 5) is 11.4. The van der Waals surface area contributed by atoms with Gasteiger partial charge in [0.15, 0.2) is 0 Å². The van der Waals surface area contributed by atoms with Crippen molar-refractivity contribution in [3.8, 4) is 0 Å². The zero-order valence-electron chi connectivity index (χ0n) is 10.0. The molecule has 1 heterocycles. The molecule has 100 valence electrons. The molecule has 0 fully saturated rings. The van der Waals surface area contributed by atoms with Gasteiger partial charge in [0.1, 0.15) is 0 Å². The number of aromatic nitrogens is 2. The molecule has 0 spiro atoms. The van der Waals surface area contributed by atoms with E-state index in [1.54, 1.807) is 0 Å². The molecule has 0 aliphatic carbocycles. The monoisotopic (exact) mass is 280 g/mol. The summed E-state index contributed by atoms with van der Waals surface area (Å²) in [5.41, 5.74) is 0.736. The Morgan fingerprint density at radius 2 is 1.95 bits per heavy atom. The number of rotatable bonds is 4. The first kappa shape index (κ1) is 13.1. The molecular formula is C11H12N4O3S. The second-order valence-corrected chi connectivity index (χ2v) is 5.38. The average molecular weight is 280 g/mol. The topological polar surface area (TPSA) is 104 Å². The lowest BCUT2D eigenvalue weighted by molar-refractivity contribution is 0.0963. The van der Waals surface area contributed by atoms with Gasteiger partial charge in [0.05, 0.1) is 16.8 Å². The van der Waals surface area contributed by atoms with Crippen LogP contribution in [0.4, 0.5) is 5.69 Å². The molecule has 7 nitrogen and oxygen atoms in total. The van der Waals surface area contributed by atoms with Gasteiger partial charge < -0.3 is 5.32 Å². The quantitative estimate of drug-likeness (QED) is 0.761.